The number of nitrogens with zero attached hydrogens (tertiary/aromatic N) is 1. The van der Waals surface area contributed by atoms with Crippen LogP contribution in [0.4, 0.5) is 15.8 Å². The van der Waals surface area contributed by atoms with Gasteiger partial charge in [0.25, 0.3) is 0 Å². The maximum atomic E-state index is 14.1. The van der Waals surface area contributed by atoms with Gasteiger partial charge in [0, 0.05) is 18.8 Å². The van der Waals surface area contributed by atoms with Gasteiger partial charge < -0.3 is 4.90 Å². The predicted molar refractivity (Wildman–Crippen MR) is 95.2 cm³/mol. The molecule has 0 atom stereocenters. The zero-order valence-corrected chi connectivity index (χ0v) is 14.2. The Balaban J connectivity index is 1.78. The first-order valence-electron chi connectivity index (χ1n) is 8.12. The number of hydrogen-bond acceptors (Lipinski definition) is 3. The highest BCUT2D eigenvalue weighted by atomic mass is 32.2. The maximum absolute atomic E-state index is 14.1. The van der Waals surface area contributed by atoms with E-state index < -0.39 is 15.8 Å². The second kappa shape index (κ2) is 7.21. The van der Waals surface area contributed by atoms with Gasteiger partial charge in [0.1, 0.15) is 5.82 Å². The molecule has 1 saturated heterocycles. The molecule has 0 bridgehead atoms. The fourth-order valence-electron chi connectivity index (χ4n) is 2.94. The van der Waals surface area contributed by atoms with Crippen molar-refractivity contribution in [2.45, 2.75) is 25.0 Å². The first-order chi connectivity index (χ1) is 11.5. The number of benzene rings is 2. The molecule has 2 aromatic rings. The van der Waals surface area contributed by atoms with E-state index in [1.165, 1.54) is 12.5 Å². The van der Waals surface area contributed by atoms with Crippen LogP contribution in [0.1, 0.15) is 24.8 Å². The molecule has 0 unspecified atom stereocenters. The molecule has 4 nitrogen and oxygen atoms in total. The first kappa shape index (κ1) is 16.8. The second-order valence-electron chi connectivity index (χ2n) is 6.06. The third kappa shape index (κ3) is 4.26. The van der Waals surface area contributed by atoms with E-state index in [1.54, 1.807) is 36.4 Å². The van der Waals surface area contributed by atoms with Crippen LogP contribution in [0.2, 0.25) is 0 Å². The molecular weight excluding hydrogens is 327 g/mol. The molecule has 1 aliphatic heterocycles. The Hall–Kier alpha value is -2.08. The zero-order valence-electron chi connectivity index (χ0n) is 13.4. The number of anilines is 2. The number of sulfonamides is 1. The minimum Gasteiger partial charge on any atom is -0.371 e. The summed E-state index contributed by atoms with van der Waals surface area (Å²) in [7, 11) is -3.67. The number of nitrogens with one attached hydrogen (secondary N) is 1. The molecule has 0 aromatic heterocycles. The summed E-state index contributed by atoms with van der Waals surface area (Å²) in [6.07, 6.45) is 3.41. The Bertz CT molecular complexity index is 788. The molecule has 2 aromatic carbocycles. The van der Waals surface area contributed by atoms with Crippen molar-refractivity contribution in [3.05, 3.63) is 59.9 Å². The fraction of sp³-hybridized carbons (Fsp3) is 0.333. The molecule has 1 fully saturated rings. The second-order valence-corrected chi connectivity index (χ2v) is 7.78. The molecule has 0 aliphatic carbocycles. The summed E-state index contributed by atoms with van der Waals surface area (Å²) in [5.74, 6) is -0.742. The van der Waals surface area contributed by atoms with Gasteiger partial charge in [0.05, 0.1) is 11.4 Å². The van der Waals surface area contributed by atoms with Crippen molar-refractivity contribution < 1.29 is 12.8 Å². The van der Waals surface area contributed by atoms with Crippen LogP contribution in [0, 0.1) is 5.82 Å². The Morgan fingerprint density at radius 3 is 2.42 bits per heavy atom. The van der Waals surface area contributed by atoms with Crippen LogP contribution in [0.25, 0.3) is 0 Å². The highest BCUT2D eigenvalue weighted by molar-refractivity contribution is 7.91. The molecule has 1 aliphatic rings. The lowest BCUT2D eigenvalue weighted by molar-refractivity contribution is 0.576. The molecule has 0 saturated carbocycles. The summed E-state index contributed by atoms with van der Waals surface area (Å²) in [4.78, 5) is 2.16. The molecule has 1 N–H and O–H groups in total. The van der Waals surface area contributed by atoms with Crippen LogP contribution < -0.4 is 9.62 Å². The van der Waals surface area contributed by atoms with Gasteiger partial charge in [-0.25, -0.2) is 12.8 Å². The van der Waals surface area contributed by atoms with Gasteiger partial charge >= 0.3 is 0 Å². The molecule has 0 spiro atoms. The third-order valence-electron chi connectivity index (χ3n) is 4.14. The Labute approximate surface area is 142 Å². The first-order valence-corrected chi connectivity index (χ1v) is 9.78. The van der Waals surface area contributed by atoms with E-state index in [0.29, 0.717) is 5.56 Å². The van der Waals surface area contributed by atoms with Crippen LogP contribution in [-0.4, -0.2) is 21.5 Å². The molecule has 3 rings (SSSR count). The molecule has 24 heavy (non-hydrogen) atoms. The monoisotopic (exact) mass is 348 g/mol. The average molecular weight is 348 g/mol. The van der Waals surface area contributed by atoms with Crippen LogP contribution in [0.5, 0.6) is 0 Å². The smallest absolute Gasteiger partial charge is 0.237 e. The van der Waals surface area contributed by atoms with Crippen LogP contribution >= 0.6 is 0 Å². The highest BCUT2D eigenvalue weighted by Gasteiger charge is 2.17. The number of piperidine rings is 1. The topological polar surface area (TPSA) is 49.4 Å². The summed E-state index contributed by atoms with van der Waals surface area (Å²) in [5.41, 5.74) is 1.53. The number of halogens is 1. The van der Waals surface area contributed by atoms with Crippen LogP contribution in [0.15, 0.2) is 48.5 Å². The number of rotatable bonds is 5. The van der Waals surface area contributed by atoms with Crippen molar-refractivity contribution in [2.24, 2.45) is 0 Å². The lowest BCUT2D eigenvalue weighted by Gasteiger charge is -2.29. The van der Waals surface area contributed by atoms with Gasteiger partial charge in [-0.1, -0.05) is 30.3 Å². The normalized spacial score (nSPS) is 15.3. The lowest BCUT2D eigenvalue weighted by atomic mass is 10.1. The minimum atomic E-state index is -3.67. The average Bonchev–Trinajstić information content (AvgIpc) is 2.58. The summed E-state index contributed by atoms with van der Waals surface area (Å²) in [6.45, 7) is 1.84. The lowest BCUT2D eigenvalue weighted by Crippen LogP contribution is -2.29. The Morgan fingerprint density at radius 2 is 1.71 bits per heavy atom. The molecule has 1 heterocycles. The van der Waals surface area contributed by atoms with Gasteiger partial charge in [-0.05, 0) is 43.0 Å². The van der Waals surface area contributed by atoms with Crippen molar-refractivity contribution in [1.29, 1.82) is 0 Å². The van der Waals surface area contributed by atoms with Crippen LogP contribution in [-0.2, 0) is 15.8 Å². The quantitative estimate of drug-likeness (QED) is 0.895. The third-order valence-corrected chi connectivity index (χ3v) is 5.38. The summed E-state index contributed by atoms with van der Waals surface area (Å²) >= 11 is 0. The minimum absolute atomic E-state index is 0.00834. The van der Waals surface area contributed by atoms with Crippen molar-refractivity contribution in [2.75, 3.05) is 22.7 Å². The standard InChI is InChI=1S/C18H21FN2O2S/c19-17-10-9-16(21-11-5-2-6-12-21)13-18(17)20-24(22,23)14-15-7-3-1-4-8-15/h1,3-4,7-10,13,20H,2,5-6,11-12,14H2. The van der Waals surface area contributed by atoms with E-state index in [1.807, 2.05) is 6.07 Å². The van der Waals surface area contributed by atoms with Gasteiger partial charge in [-0.3, -0.25) is 4.72 Å². The van der Waals surface area contributed by atoms with E-state index in [2.05, 4.69) is 9.62 Å². The SMILES string of the molecule is O=S(=O)(Cc1ccccc1)Nc1cc(N2CCCCC2)ccc1F. The van der Waals surface area contributed by atoms with Gasteiger partial charge in [0.2, 0.25) is 10.0 Å². The summed E-state index contributed by atoms with van der Waals surface area (Å²) in [6, 6.07) is 13.5. The van der Waals surface area contributed by atoms with Crippen molar-refractivity contribution in [3.8, 4) is 0 Å². The van der Waals surface area contributed by atoms with Gasteiger partial charge in [-0.2, -0.15) is 0 Å². The van der Waals surface area contributed by atoms with E-state index in [9.17, 15) is 12.8 Å². The molecule has 128 valence electrons. The molecule has 6 heteroatoms. The Morgan fingerprint density at radius 1 is 1.00 bits per heavy atom. The fourth-order valence-corrected chi connectivity index (χ4v) is 4.13. The van der Waals surface area contributed by atoms with Crippen molar-refractivity contribution in [3.63, 3.8) is 0 Å². The molecule has 0 amide bonds. The number of hydrogen-bond donors (Lipinski definition) is 1. The Kier molecular flexibility index (Phi) is 5.04. The van der Waals surface area contributed by atoms with Gasteiger partial charge in [-0.15, -0.1) is 0 Å². The zero-order chi connectivity index (χ0) is 17.0. The van der Waals surface area contributed by atoms with E-state index in [-0.39, 0.29) is 11.4 Å². The van der Waals surface area contributed by atoms with Crippen molar-refractivity contribution in [1.82, 2.24) is 0 Å². The van der Waals surface area contributed by atoms with Crippen molar-refractivity contribution >= 4 is 21.4 Å². The van der Waals surface area contributed by atoms with E-state index in [4.69, 9.17) is 0 Å². The molecular formula is C18H21FN2O2S. The summed E-state index contributed by atoms with van der Waals surface area (Å²) < 4.78 is 41.1. The summed E-state index contributed by atoms with van der Waals surface area (Å²) in [5, 5.41) is 0. The largest absolute Gasteiger partial charge is 0.371 e. The molecule has 0 radical (unpaired) electrons. The van der Waals surface area contributed by atoms with Gasteiger partial charge in [0.15, 0.2) is 0 Å². The highest BCUT2D eigenvalue weighted by Crippen LogP contribution is 2.26. The predicted octanol–water partition coefficient (Wildman–Crippen LogP) is 3.76. The van der Waals surface area contributed by atoms with E-state index in [0.717, 1.165) is 31.6 Å². The maximum Gasteiger partial charge on any atom is 0.237 e. The van der Waals surface area contributed by atoms with Crippen LogP contribution in [0.3, 0.4) is 0 Å². The van der Waals surface area contributed by atoms with E-state index >= 15 is 0 Å².